The molecular weight excluding hydrogens is 348 g/mol. The SMILES string of the molecule is CNCc1cc(S(=O)(=O)NCc2cccnn2)c(Br)o1. The number of nitrogens with one attached hydrogen (secondary N) is 2. The minimum absolute atomic E-state index is 0.0617. The molecule has 0 atom stereocenters. The van der Waals surface area contributed by atoms with Gasteiger partial charge in [-0.05, 0) is 35.1 Å². The molecule has 0 fully saturated rings. The Morgan fingerprint density at radius 1 is 1.40 bits per heavy atom. The van der Waals surface area contributed by atoms with Crippen LogP contribution in [0.15, 0.2) is 38.4 Å². The highest BCUT2D eigenvalue weighted by Crippen LogP contribution is 2.26. The number of sulfonamides is 1. The first kappa shape index (κ1) is 15.1. The van der Waals surface area contributed by atoms with Gasteiger partial charge in [-0.15, -0.1) is 0 Å². The van der Waals surface area contributed by atoms with Crippen molar-refractivity contribution in [1.29, 1.82) is 0 Å². The lowest BCUT2D eigenvalue weighted by Crippen LogP contribution is -2.23. The maximum absolute atomic E-state index is 12.2. The highest BCUT2D eigenvalue weighted by Gasteiger charge is 2.22. The Hall–Kier alpha value is -1.29. The first-order chi connectivity index (χ1) is 9.53. The first-order valence-corrected chi connectivity index (χ1v) is 7.99. The van der Waals surface area contributed by atoms with Crippen molar-refractivity contribution in [2.75, 3.05) is 7.05 Å². The Labute approximate surface area is 125 Å². The second-order valence-electron chi connectivity index (χ2n) is 3.92. The highest BCUT2D eigenvalue weighted by molar-refractivity contribution is 9.10. The molecule has 0 unspecified atom stereocenters. The predicted octanol–water partition coefficient (Wildman–Crippen LogP) is 1.03. The minimum Gasteiger partial charge on any atom is -0.452 e. The summed E-state index contributed by atoms with van der Waals surface area (Å²) < 4.78 is 32.3. The monoisotopic (exact) mass is 360 g/mol. The second-order valence-corrected chi connectivity index (χ2v) is 6.38. The van der Waals surface area contributed by atoms with Crippen LogP contribution in [0.4, 0.5) is 0 Å². The average molecular weight is 361 g/mol. The normalized spacial score (nSPS) is 11.7. The number of aromatic nitrogens is 2. The predicted molar refractivity (Wildman–Crippen MR) is 75.2 cm³/mol. The molecule has 0 spiro atoms. The molecule has 9 heteroatoms. The van der Waals surface area contributed by atoms with Crippen molar-refractivity contribution < 1.29 is 12.8 Å². The minimum atomic E-state index is -3.67. The van der Waals surface area contributed by atoms with Crippen LogP contribution in [0.3, 0.4) is 0 Å². The van der Waals surface area contributed by atoms with E-state index in [4.69, 9.17) is 4.42 Å². The number of hydrogen-bond acceptors (Lipinski definition) is 6. The van der Waals surface area contributed by atoms with Gasteiger partial charge in [0, 0.05) is 12.3 Å². The molecule has 0 radical (unpaired) electrons. The molecule has 2 heterocycles. The molecule has 2 rings (SSSR count). The summed E-state index contributed by atoms with van der Waals surface area (Å²) in [6.45, 7) is 0.507. The Morgan fingerprint density at radius 3 is 2.85 bits per heavy atom. The number of furan rings is 1. The van der Waals surface area contributed by atoms with Gasteiger partial charge >= 0.3 is 0 Å². The Bertz CT molecular complexity index is 672. The summed E-state index contributed by atoms with van der Waals surface area (Å²) in [5.41, 5.74) is 0.533. The van der Waals surface area contributed by atoms with E-state index in [0.717, 1.165) is 0 Å². The van der Waals surface area contributed by atoms with Crippen LogP contribution in [0.1, 0.15) is 11.5 Å². The lowest BCUT2D eigenvalue weighted by Gasteiger charge is -2.03. The fraction of sp³-hybridized carbons (Fsp3) is 0.273. The van der Waals surface area contributed by atoms with Crippen molar-refractivity contribution >= 4 is 26.0 Å². The lowest BCUT2D eigenvalue weighted by molar-refractivity contribution is 0.470. The van der Waals surface area contributed by atoms with Crippen molar-refractivity contribution in [2.45, 2.75) is 18.0 Å². The van der Waals surface area contributed by atoms with E-state index in [2.05, 4.69) is 36.2 Å². The zero-order valence-electron chi connectivity index (χ0n) is 10.6. The number of hydrogen-bond donors (Lipinski definition) is 2. The summed E-state index contributed by atoms with van der Waals surface area (Å²) in [4.78, 5) is 0.0617. The van der Waals surface area contributed by atoms with Gasteiger partial charge in [0.15, 0.2) is 4.67 Å². The second kappa shape index (κ2) is 6.44. The van der Waals surface area contributed by atoms with Gasteiger partial charge in [0.2, 0.25) is 10.0 Å². The third-order valence-corrected chi connectivity index (χ3v) is 4.68. The van der Waals surface area contributed by atoms with Crippen LogP contribution in [0, 0.1) is 0 Å². The van der Waals surface area contributed by atoms with E-state index < -0.39 is 10.0 Å². The maximum Gasteiger partial charge on any atom is 0.245 e. The number of rotatable bonds is 6. The smallest absolute Gasteiger partial charge is 0.245 e. The van der Waals surface area contributed by atoms with Crippen molar-refractivity contribution in [3.63, 3.8) is 0 Å². The molecule has 2 aromatic heterocycles. The van der Waals surface area contributed by atoms with Gasteiger partial charge in [-0.25, -0.2) is 13.1 Å². The first-order valence-electron chi connectivity index (χ1n) is 5.72. The van der Waals surface area contributed by atoms with Crippen LogP contribution < -0.4 is 10.0 Å². The number of nitrogens with zero attached hydrogens (tertiary/aromatic N) is 2. The molecule has 108 valence electrons. The van der Waals surface area contributed by atoms with E-state index in [9.17, 15) is 8.42 Å². The fourth-order valence-electron chi connectivity index (χ4n) is 1.52. The molecule has 7 nitrogen and oxygen atoms in total. The van der Waals surface area contributed by atoms with Crippen LogP contribution in [0.5, 0.6) is 0 Å². The standard InChI is InChI=1S/C11H13BrN4O3S/c1-13-7-9-5-10(11(12)19-9)20(17,18)15-6-8-3-2-4-14-16-8/h2-5,13,15H,6-7H2,1H3. The molecule has 2 N–H and O–H groups in total. The van der Waals surface area contributed by atoms with Gasteiger partial charge in [-0.3, -0.25) is 0 Å². The van der Waals surface area contributed by atoms with Crippen LogP contribution in [-0.4, -0.2) is 25.7 Å². The summed E-state index contributed by atoms with van der Waals surface area (Å²) in [5, 5.41) is 10.4. The van der Waals surface area contributed by atoms with E-state index in [-0.39, 0.29) is 16.1 Å². The Balaban J connectivity index is 2.14. The molecule has 20 heavy (non-hydrogen) atoms. The molecule has 0 saturated heterocycles. The molecule has 0 amide bonds. The Kier molecular flexibility index (Phi) is 4.86. The quantitative estimate of drug-likeness (QED) is 0.798. The van der Waals surface area contributed by atoms with Crippen LogP contribution in [0.25, 0.3) is 0 Å². The molecule has 0 aliphatic heterocycles. The molecule has 0 bridgehead atoms. The summed E-state index contributed by atoms with van der Waals surface area (Å²) in [6.07, 6.45) is 1.52. The molecule has 0 aliphatic rings. The zero-order valence-corrected chi connectivity index (χ0v) is 13.0. The average Bonchev–Trinajstić information content (AvgIpc) is 2.80. The zero-order chi connectivity index (χ0) is 14.6. The van der Waals surface area contributed by atoms with Crippen molar-refractivity contribution in [2.24, 2.45) is 0 Å². The van der Waals surface area contributed by atoms with Crippen LogP contribution in [-0.2, 0) is 23.1 Å². The van der Waals surface area contributed by atoms with Gasteiger partial charge < -0.3 is 9.73 Å². The Morgan fingerprint density at radius 2 is 2.20 bits per heavy atom. The van der Waals surface area contributed by atoms with E-state index in [1.165, 1.54) is 12.3 Å². The summed E-state index contributed by atoms with van der Waals surface area (Å²) in [7, 11) is -1.93. The third kappa shape index (κ3) is 3.63. The summed E-state index contributed by atoms with van der Waals surface area (Å²) in [5.74, 6) is 0.527. The topological polar surface area (TPSA) is 97.1 Å². The van der Waals surface area contributed by atoms with Crippen molar-refractivity contribution in [3.8, 4) is 0 Å². The van der Waals surface area contributed by atoms with Gasteiger partial charge in [0.25, 0.3) is 0 Å². The largest absolute Gasteiger partial charge is 0.452 e. The van der Waals surface area contributed by atoms with Gasteiger partial charge in [0.1, 0.15) is 10.7 Å². The van der Waals surface area contributed by atoms with E-state index >= 15 is 0 Å². The molecule has 0 aromatic carbocycles. The molecule has 2 aromatic rings. The van der Waals surface area contributed by atoms with Crippen LogP contribution in [0.2, 0.25) is 0 Å². The van der Waals surface area contributed by atoms with Crippen LogP contribution >= 0.6 is 15.9 Å². The van der Waals surface area contributed by atoms with E-state index in [1.54, 1.807) is 19.2 Å². The molecule has 0 aliphatic carbocycles. The number of halogens is 1. The lowest BCUT2D eigenvalue weighted by atomic mass is 10.4. The third-order valence-electron chi connectivity index (χ3n) is 2.42. The van der Waals surface area contributed by atoms with Gasteiger partial charge in [-0.1, -0.05) is 0 Å². The summed E-state index contributed by atoms with van der Waals surface area (Å²) >= 11 is 3.11. The van der Waals surface area contributed by atoms with Crippen molar-refractivity contribution in [3.05, 3.63) is 40.5 Å². The molecular formula is C11H13BrN4O3S. The van der Waals surface area contributed by atoms with Crippen molar-refractivity contribution in [1.82, 2.24) is 20.2 Å². The van der Waals surface area contributed by atoms with E-state index in [1.807, 2.05) is 0 Å². The van der Waals surface area contributed by atoms with E-state index in [0.29, 0.717) is 18.0 Å². The highest BCUT2D eigenvalue weighted by atomic mass is 79.9. The molecule has 0 saturated carbocycles. The maximum atomic E-state index is 12.2. The fourth-order valence-corrected chi connectivity index (χ4v) is 3.51. The van der Waals surface area contributed by atoms with Gasteiger partial charge in [-0.2, -0.15) is 10.2 Å². The summed E-state index contributed by atoms with van der Waals surface area (Å²) in [6, 6.07) is 4.85. The van der Waals surface area contributed by atoms with Gasteiger partial charge in [0.05, 0.1) is 18.8 Å².